The summed E-state index contributed by atoms with van der Waals surface area (Å²) in [5, 5.41) is 9.88. The summed E-state index contributed by atoms with van der Waals surface area (Å²) in [6, 6.07) is 0. The van der Waals surface area contributed by atoms with Crippen LogP contribution in [0.25, 0.3) is 0 Å². The zero-order valence-electron chi connectivity index (χ0n) is 9.43. The fraction of sp³-hybridized carbons (Fsp3) is 1.00. The molecule has 0 aromatic carbocycles. The van der Waals surface area contributed by atoms with Crippen molar-refractivity contribution in [1.29, 1.82) is 0 Å². The molecule has 1 aliphatic rings. The molecule has 1 N–H and O–H groups in total. The molecule has 4 heteroatoms. The second kappa shape index (κ2) is 3.96. The quantitative estimate of drug-likeness (QED) is 0.724. The van der Waals surface area contributed by atoms with Crippen molar-refractivity contribution in [3.8, 4) is 0 Å². The van der Waals surface area contributed by atoms with Crippen LogP contribution in [0.4, 0.5) is 13.2 Å². The molecular weight excluding hydrogens is 205 g/mol. The van der Waals surface area contributed by atoms with Gasteiger partial charge in [-0.3, -0.25) is 0 Å². The Labute approximate surface area is 88.7 Å². The number of rotatable bonds is 1. The Morgan fingerprint density at radius 1 is 1.27 bits per heavy atom. The number of hydrogen-bond acceptors (Lipinski definition) is 1. The van der Waals surface area contributed by atoms with E-state index in [4.69, 9.17) is 0 Å². The minimum atomic E-state index is -4.50. The Morgan fingerprint density at radius 3 is 2.20 bits per heavy atom. The van der Waals surface area contributed by atoms with Crippen molar-refractivity contribution in [1.82, 2.24) is 0 Å². The third-order valence-electron chi connectivity index (χ3n) is 3.54. The topological polar surface area (TPSA) is 20.2 Å². The van der Waals surface area contributed by atoms with Crippen molar-refractivity contribution in [3.63, 3.8) is 0 Å². The van der Waals surface area contributed by atoms with Gasteiger partial charge in [0, 0.05) is 0 Å². The molecule has 1 fully saturated rings. The summed E-state index contributed by atoms with van der Waals surface area (Å²) < 4.78 is 38.6. The van der Waals surface area contributed by atoms with Gasteiger partial charge in [-0.05, 0) is 30.6 Å². The van der Waals surface area contributed by atoms with E-state index in [-0.39, 0.29) is 18.3 Å². The molecular formula is C11H19F3O. The maximum Gasteiger partial charge on any atom is 0.417 e. The summed E-state index contributed by atoms with van der Waals surface area (Å²) in [6.45, 7) is 5.27. The molecule has 0 bridgehead atoms. The van der Waals surface area contributed by atoms with Crippen LogP contribution >= 0.6 is 0 Å². The second-order valence-corrected chi connectivity index (χ2v) is 5.16. The van der Waals surface area contributed by atoms with Crippen LogP contribution < -0.4 is 0 Å². The highest BCUT2D eigenvalue weighted by Gasteiger charge is 2.60. The van der Waals surface area contributed by atoms with E-state index in [1.807, 2.05) is 0 Å². The minimum absolute atomic E-state index is 0.0494. The maximum absolute atomic E-state index is 12.9. The van der Waals surface area contributed by atoms with Crippen LogP contribution in [0.5, 0.6) is 0 Å². The van der Waals surface area contributed by atoms with Crippen LogP contribution in [0, 0.1) is 17.8 Å². The van der Waals surface area contributed by atoms with E-state index in [1.165, 1.54) is 0 Å². The first-order valence-electron chi connectivity index (χ1n) is 5.47. The lowest BCUT2D eigenvalue weighted by molar-refractivity contribution is -0.297. The third-order valence-corrected chi connectivity index (χ3v) is 3.54. The van der Waals surface area contributed by atoms with Crippen LogP contribution in [0.2, 0.25) is 0 Å². The molecule has 0 aromatic heterocycles. The lowest BCUT2D eigenvalue weighted by Crippen LogP contribution is -2.56. The van der Waals surface area contributed by atoms with Gasteiger partial charge in [-0.25, -0.2) is 0 Å². The average Bonchev–Trinajstić information content (AvgIpc) is 2.00. The lowest BCUT2D eigenvalue weighted by atomic mass is 9.66. The molecule has 0 heterocycles. The number of hydrogen-bond donors (Lipinski definition) is 1. The van der Waals surface area contributed by atoms with Crippen molar-refractivity contribution in [2.24, 2.45) is 17.8 Å². The largest absolute Gasteiger partial charge is 0.417 e. The fourth-order valence-corrected chi connectivity index (χ4v) is 2.70. The maximum atomic E-state index is 12.9. The summed E-state index contributed by atoms with van der Waals surface area (Å²) in [4.78, 5) is 0. The van der Waals surface area contributed by atoms with Gasteiger partial charge in [0.2, 0.25) is 0 Å². The number of alkyl halides is 3. The summed E-state index contributed by atoms with van der Waals surface area (Å²) in [5.74, 6) is -0.843. The van der Waals surface area contributed by atoms with E-state index in [1.54, 1.807) is 20.8 Å². The Bertz CT molecular complexity index is 224. The first-order valence-corrected chi connectivity index (χ1v) is 5.47. The summed E-state index contributed by atoms with van der Waals surface area (Å²) in [5.41, 5.74) is -2.47. The van der Waals surface area contributed by atoms with Crippen molar-refractivity contribution in [3.05, 3.63) is 0 Å². The van der Waals surface area contributed by atoms with Gasteiger partial charge in [-0.1, -0.05) is 27.2 Å². The standard InChI is InChI=1S/C11H19F3O/c1-7(2)9-5-4-8(3)6-10(9,15)11(12,13)14/h7-9,15H,4-6H2,1-3H3. The van der Waals surface area contributed by atoms with Gasteiger partial charge < -0.3 is 5.11 Å². The molecule has 15 heavy (non-hydrogen) atoms. The molecule has 0 spiro atoms. The second-order valence-electron chi connectivity index (χ2n) is 5.16. The van der Waals surface area contributed by atoms with E-state index in [0.717, 1.165) is 6.42 Å². The van der Waals surface area contributed by atoms with Gasteiger partial charge in [-0.2, -0.15) is 13.2 Å². The molecule has 0 amide bonds. The molecule has 0 aliphatic heterocycles. The Kier molecular flexibility index (Phi) is 3.39. The van der Waals surface area contributed by atoms with Gasteiger partial charge in [0.1, 0.15) is 0 Å². The predicted molar refractivity (Wildman–Crippen MR) is 52.3 cm³/mol. The van der Waals surface area contributed by atoms with Crippen LogP contribution in [0.1, 0.15) is 40.0 Å². The first kappa shape index (κ1) is 12.8. The van der Waals surface area contributed by atoms with Crippen LogP contribution in [0.3, 0.4) is 0 Å². The molecule has 0 saturated heterocycles. The van der Waals surface area contributed by atoms with Crippen LogP contribution in [-0.2, 0) is 0 Å². The summed E-state index contributed by atoms with van der Waals surface area (Å²) in [6.07, 6.45) is -3.41. The van der Waals surface area contributed by atoms with E-state index in [2.05, 4.69) is 0 Å². The van der Waals surface area contributed by atoms with E-state index in [9.17, 15) is 18.3 Å². The molecule has 1 rings (SSSR count). The third kappa shape index (κ3) is 2.30. The molecule has 0 aromatic rings. The van der Waals surface area contributed by atoms with Gasteiger partial charge in [0.25, 0.3) is 0 Å². The molecule has 1 aliphatic carbocycles. The number of aliphatic hydroxyl groups is 1. The highest BCUT2D eigenvalue weighted by Crippen LogP contribution is 2.49. The van der Waals surface area contributed by atoms with Crippen molar-refractivity contribution < 1.29 is 18.3 Å². The molecule has 1 saturated carbocycles. The van der Waals surface area contributed by atoms with Crippen molar-refractivity contribution >= 4 is 0 Å². The molecule has 90 valence electrons. The monoisotopic (exact) mass is 224 g/mol. The Morgan fingerprint density at radius 2 is 1.80 bits per heavy atom. The fourth-order valence-electron chi connectivity index (χ4n) is 2.70. The smallest absolute Gasteiger partial charge is 0.380 e. The highest BCUT2D eigenvalue weighted by molar-refractivity contribution is 4.98. The van der Waals surface area contributed by atoms with Gasteiger partial charge in [0.15, 0.2) is 5.60 Å². The number of halogens is 3. The van der Waals surface area contributed by atoms with Crippen molar-refractivity contribution in [2.45, 2.75) is 51.8 Å². The lowest BCUT2D eigenvalue weighted by Gasteiger charge is -2.45. The predicted octanol–water partition coefficient (Wildman–Crippen LogP) is 3.37. The van der Waals surface area contributed by atoms with Gasteiger partial charge in [-0.15, -0.1) is 0 Å². The minimum Gasteiger partial charge on any atom is -0.380 e. The van der Waals surface area contributed by atoms with E-state index < -0.39 is 17.7 Å². The van der Waals surface area contributed by atoms with E-state index >= 15 is 0 Å². The Hall–Kier alpha value is -0.250. The summed E-state index contributed by atoms with van der Waals surface area (Å²) >= 11 is 0. The molecule has 3 unspecified atom stereocenters. The first-order chi connectivity index (χ1) is 6.68. The zero-order valence-corrected chi connectivity index (χ0v) is 9.43. The van der Waals surface area contributed by atoms with Crippen LogP contribution in [-0.4, -0.2) is 16.9 Å². The van der Waals surface area contributed by atoms with Gasteiger partial charge >= 0.3 is 6.18 Å². The van der Waals surface area contributed by atoms with E-state index in [0.29, 0.717) is 6.42 Å². The Balaban J connectivity index is 2.97. The van der Waals surface area contributed by atoms with Gasteiger partial charge in [0.05, 0.1) is 0 Å². The average molecular weight is 224 g/mol. The zero-order chi connectivity index (χ0) is 11.9. The van der Waals surface area contributed by atoms with Crippen molar-refractivity contribution in [2.75, 3.05) is 0 Å². The molecule has 3 atom stereocenters. The highest BCUT2D eigenvalue weighted by atomic mass is 19.4. The SMILES string of the molecule is CC1CCC(C(C)C)C(O)(C(F)(F)F)C1. The molecule has 1 nitrogen and oxygen atoms in total. The summed E-state index contributed by atoms with van der Waals surface area (Å²) in [7, 11) is 0. The normalized spacial score (nSPS) is 38.4. The van der Waals surface area contributed by atoms with Crippen LogP contribution in [0.15, 0.2) is 0 Å². The molecule has 0 radical (unpaired) electrons.